The van der Waals surface area contributed by atoms with Crippen molar-refractivity contribution in [1.29, 1.82) is 5.26 Å². The Balaban J connectivity index is 1.28. The highest BCUT2D eigenvalue weighted by Gasteiger charge is 2.44. The number of benzene rings is 1. The van der Waals surface area contributed by atoms with Crippen LogP contribution in [0.25, 0.3) is 21.6 Å². The molecule has 3 heterocycles. The van der Waals surface area contributed by atoms with E-state index in [0.29, 0.717) is 31.0 Å². The fourth-order valence-electron chi connectivity index (χ4n) is 3.13. The van der Waals surface area contributed by atoms with Crippen molar-refractivity contribution in [3.05, 3.63) is 52.9 Å². The van der Waals surface area contributed by atoms with Crippen molar-refractivity contribution in [3.63, 3.8) is 0 Å². The molecular weight excluding hydrogens is 414 g/mol. The number of hydrogen-bond acceptors (Lipinski definition) is 9. The number of thiazole rings is 1. The molecule has 1 N–H and O–H groups in total. The minimum atomic E-state index is -0.705. The smallest absolute Gasteiger partial charge is 0.230 e. The molecule has 3 aromatic heterocycles. The van der Waals surface area contributed by atoms with Gasteiger partial charge in [-0.25, -0.2) is 15.0 Å². The van der Waals surface area contributed by atoms with Crippen LogP contribution in [0.15, 0.2) is 35.0 Å². The van der Waals surface area contributed by atoms with Gasteiger partial charge in [0.25, 0.3) is 0 Å². The van der Waals surface area contributed by atoms with Gasteiger partial charge in [0, 0.05) is 18.0 Å². The number of aryl methyl sites for hydroxylation is 1. The maximum atomic E-state index is 12.1. The van der Waals surface area contributed by atoms with E-state index in [1.54, 1.807) is 12.4 Å². The van der Waals surface area contributed by atoms with Crippen LogP contribution in [-0.2, 0) is 17.6 Å². The van der Waals surface area contributed by atoms with Crippen molar-refractivity contribution in [2.75, 3.05) is 0 Å². The molecule has 154 valence electrons. The van der Waals surface area contributed by atoms with E-state index in [0.717, 1.165) is 26.4 Å². The normalized spacial score (nSPS) is 14.3. The van der Waals surface area contributed by atoms with E-state index in [1.165, 1.54) is 11.3 Å². The van der Waals surface area contributed by atoms with Gasteiger partial charge < -0.3 is 9.73 Å². The Hall–Kier alpha value is -3.71. The van der Waals surface area contributed by atoms with E-state index >= 15 is 0 Å². The van der Waals surface area contributed by atoms with Crippen molar-refractivity contribution in [1.82, 2.24) is 30.5 Å². The molecule has 1 fully saturated rings. The first-order chi connectivity index (χ1) is 15.0. The quantitative estimate of drug-likeness (QED) is 0.493. The summed E-state index contributed by atoms with van der Waals surface area (Å²) in [6.45, 7) is 1.95. The van der Waals surface area contributed by atoms with Crippen LogP contribution in [-0.4, -0.2) is 36.6 Å². The molecule has 0 spiro atoms. The first-order valence-electron chi connectivity index (χ1n) is 9.74. The first-order valence-corrected chi connectivity index (χ1v) is 10.6. The van der Waals surface area contributed by atoms with Crippen molar-refractivity contribution in [2.24, 2.45) is 0 Å². The van der Waals surface area contributed by atoms with Gasteiger partial charge >= 0.3 is 0 Å². The van der Waals surface area contributed by atoms with Crippen LogP contribution < -0.4 is 5.32 Å². The maximum absolute atomic E-state index is 12.1. The average Bonchev–Trinajstić information content (AvgIpc) is 3.20. The first kappa shape index (κ1) is 19.3. The van der Waals surface area contributed by atoms with Gasteiger partial charge in [-0.2, -0.15) is 5.26 Å². The largest absolute Gasteiger partial charge is 0.424 e. The lowest BCUT2D eigenvalue weighted by Gasteiger charge is -2.06. The number of carbonyl (C=O) groups is 1. The summed E-state index contributed by atoms with van der Waals surface area (Å²) in [5.74, 6) is 0.998. The summed E-state index contributed by atoms with van der Waals surface area (Å²) in [6, 6.07) is 8.04. The number of nitrogens with zero attached hydrogens (tertiary/aromatic N) is 6. The van der Waals surface area contributed by atoms with Crippen LogP contribution in [0.4, 0.5) is 0 Å². The minimum Gasteiger partial charge on any atom is -0.424 e. The third kappa shape index (κ3) is 4.13. The number of nitriles is 1. The average molecular weight is 431 g/mol. The van der Waals surface area contributed by atoms with E-state index in [1.807, 2.05) is 25.1 Å². The Morgan fingerprint density at radius 1 is 1.26 bits per heavy atom. The summed E-state index contributed by atoms with van der Waals surface area (Å²) in [5, 5.41) is 20.6. The zero-order valence-corrected chi connectivity index (χ0v) is 17.4. The number of fused-ring (bicyclic) bond motifs is 1. The van der Waals surface area contributed by atoms with E-state index in [4.69, 9.17) is 9.68 Å². The second-order valence-corrected chi connectivity index (χ2v) is 8.67. The van der Waals surface area contributed by atoms with E-state index < -0.39 is 5.54 Å². The highest BCUT2D eigenvalue weighted by atomic mass is 32.1. The van der Waals surface area contributed by atoms with Crippen molar-refractivity contribution in [3.8, 4) is 17.5 Å². The number of aromatic nitrogens is 5. The lowest BCUT2D eigenvalue weighted by molar-refractivity contribution is -0.121. The van der Waals surface area contributed by atoms with Crippen LogP contribution in [0.2, 0.25) is 0 Å². The molecule has 0 bridgehead atoms. The van der Waals surface area contributed by atoms with Gasteiger partial charge in [-0.15, -0.1) is 21.5 Å². The van der Waals surface area contributed by atoms with Gasteiger partial charge in [-0.05, 0) is 43.5 Å². The topological polar surface area (TPSA) is 130 Å². The lowest BCUT2D eigenvalue weighted by atomic mass is 10.2. The fourth-order valence-corrected chi connectivity index (χ4v) is 4.13. The van der Waals surface area contributed by atoms with E-state index in [2.05, 4.69) is 36.5 Å². The predicted molar refractivity (Wildman–Crippen MR) is 112 cm³/mol. The number of nitrogens with one attached hydrogen (secondary N) is 1. The fraction of sp³-hybridized carbons (Fsp3) is 0.286. The Labute approximate surface area is 181 Å². The standard InChI is InChI=1S/C21H17N7O2S/c1-12-9-23-20(24-10-12)13-2-3-14-15(6-13)31-19(25-14)8-18-28-27-17(30-18)7-16(29)26-21(11-22)4-5-21/h2-3,6,9-10H,4-5,7-8H2,1H3,(H,26,29). The van der Waals surface area contributed by atoms with Gasteiger partial charge in [0.1, 0.15) is 17.0 Å². The molecule has 1 aromatic carbocycles. The molecule has 1 aliphatic carbocycles. The molecular formula is C21H17N7O2S. The Bertz CT molecular complexity index is 1320. The number of amides is 1. The Morgan fingerprint density at radius 2 is 2.03 bits per heavy atom. The van der Waals surface area contributed by atoms with Crippen LogP contribution in [0.1, 0.15) is 35.2 Å². The Kier molecular flexibility index (Phi) is 4.67. The zero-order valence-electron chi connectivity index (χ0n) is 16.6. The molecule has 10 heteroatoms. The molecule has 0 unspecified atom stereocenters. The van der Waals surface area contributed by atoms with Crippen LogP contribution in [0.5, 0.6) is 0 Å². The molecule has 9 nitrogen and oxygen atoms in total. The lowest BCUT2D eigenvalue weighted by Crippen LogP contribution is -2.36. The highest BCUT2D eigenvalue weighted by molar-refractivity contribution is 7.18. The molecule has 0 saturated heterocycles. The molecule has 0 aliphatic heterocycles. The molecule has 4 aromatic rings. The maximum Gasteiger partial charge on any atom is 0.230 e. The van der Waals surface area contributed by atoms with Crippen LogP contribution >= 0.6 is 11.3 Å². The zero-order chi connectivity index (χ0) is 21.4. The van der Waals surface area contributed by atoms with Crippen molar-refractivity contribution < 1.29 is 9.21 Å². The van der Waals surface area contributed by atoms with Gasteiger partial charge in [0.15, 0.2) is 5.82 Å². The second-order valence-electron chi connectivity index (χ2n) is 7.56. The molecule has 0 atom stereocenters. The van der Waals surface area contributed by atoms with E-state index in [-0.39, 0.29) is 18.2 Å². The second kappa shape index (κ2) is 7.52. The van der Waals surface area contributed by atoms with E-state index in [9.17, 15) is 4.79 Å². The summed E-state index contributed by atoms with van der Waals surface area (Å²) in [5.41, 5.74) is 2.11. The molecule has 0 radical (unpaired) electrons. The summed E-state index contributed by atoms with van der Waals surface area (Å²) in [4.78, 5) is 25.5. The molecule has 1 saturated carbocycles. The summed E-state index contributed by atoms with van der Waals surface area (Å²) in [6.07, 6.45) is 5.29. The van der Waals surface area contributed by atoms with Crippen LogP contribution in [0.3, 0.4) is 0 Å². The highest BCUT2D eigenvalue weighted by Crippen LogP contribution is 2.34. The summed E-state index contributed by atoms with van der Waals surface area (Å²) >= 11 is 1.54. The predicted octanol–water partition coefficient (Wildman–Crippen LogP) is 2.75. The molecule has 1 aliphatic rings. The molecule has 1 amide bonds. The minimum absolute atomic E-state index is 0.0455. The SMILES string of the molecule is Cc1cnc(-c2ccc3nc(Cc4nnc(CC(=O)NC5(C#N)CC5)o4)sc3c2)nc1. The monoisotopic (exact) mass is 431 g/mol. The third-order valence-electron chi connectivity index (χ3n) is 4.94. The van der Waals surface area contributed by atoms with Gasteiger partial charge in [-0.3, -0.25) is 4.79 Å². The van der Waals surface area contributed by atoms with Crippen molar-refractivity contribution in [2.45, 2.75) is 38.1 Å². The number of hydrogen-bond donors (Lipinski definition) is 1. The van der Waals surface area contributed by atoms with Gasteiger partial charge in [-0.1, -0.05) is 0 Å². The summed E-state index contributed by atoms with van der Waals surface area (Å²) in [7, 11) is 0. The molecule has 31 heavy (non-hydrogen) atoms. The van der Waals surface area contributed by atoms with Crippen molar-refractivity contribution >= 4 is 27.5 Å². The molecule has 5 rings (SSSR count). The third-order valence-corrected chi connectivity index (χ3v) is 5.96. The van der Waals surface area contributed by atoms with Gasteiger partial charge in [0.2, 0.25) is 17.7 Å². The van der Waals surface area contributed by atoms with Gasteiger partial charge in [0.05, 0.1) is 22.7 Å². The number of carbonyl (C=O) groups excluding carboxylic acids is 1. The summed E-state index contributed by atoms with van der Waals surface area (Å²) < 4.78 is 6.62. The number of rotatable bonds is 6. The van der Waals surface area contributed by atoms with Crippen LogP contribution in [0, 0.1) is 18.3 Å². The Morgan fingerprint density at radius 3 is 2.77 bits per heavy atom.